The molecule has 3 rings (SSSR count). The van der Waals surface area contributed by atoms with Crippen molar-refractivity contribution in [3.05, 3.63) is 30.3 Å². The molecule has 5 nitrogen and oxygen atoms in total. The van der Waals surface area contributed by atoms with E-state index in [4.69, 9.17) is 4.74 Å². The van der Waals surface area contributed by atoms with Gasteiger partial charge in [-0.05, 0) is 38.1 Å². The Hall–Kier alpha value is -1.08. The maximum atomic E-state index is 12.6. The third-order valence-electron chi connectivity index (χ3n) is 4.54. The minimum absolute atomic E-state index is 0.0641. The summed E-state index contributed by atoms with van der Waals surface area (Å²) >= 11 is 1.54. The zero-order chi connectivity index (χ0) is 16.8. The van der Waals surface area contributed by atoms with Crippen molar-refractivity contribution in [2.45, 2.75) is 23.3 Å². The third kappa shape index (κ3) is 4.96. The van der Waals surface area contributed by atoms with Crippen LogP contribution in [0.4, 0.5) is 0 Å². The minimum atomic E-state index is -0.964. The summed E-state index contributed by atoms with van der Waals surface area (Å²) in [7, 11) is 0. The smallest absolute Gasteiger partial charge is 0.233 e. The van der Waals surface area contributed by atoms with Gasteiger partial charge in [-0.25, -0.2) is 0 Å². The van der Waals surface area contributed by atoms with Gasteiger partial charge in [0.2, 0.25) is 5.91 Å². The van der Waals surface area contributed by atoms with Gasteiger partial charge in [0.15, 0.2) is 0 Å². The summed E-state index contributed by atoms with van der Waals surface area (Å²) in [5.41, 5.74) is -0.964. The van der Waals surface area contributed by atoms with E-state index in [1.165, 1.54) is 24.6 Å². The molecule has 0 bridgehead atoms. The second-order valence-corrected chi connectivity index (χ2v) is 7.73. The molecule has 24 heavy (non-hydrogen) atoms. The van der Waals surface area contributed by atoms with E-state index in [-0.39, 0.29) is 5.91 Å². The Labute approximate surface area is 148 Å². The molecule has 2 heterocycles. The molecule has 2 aliphatic heterocycles. The number of likely N-dealkylation sites (tertiary alicyclic amines) is 1. The monoisotopic (exact) mass is 350 g/mol. The van der Waals surface area contributed by atoms with E-state index in [1.54, 1.807) is 4.90 Å². The highest BCUT2D eigenvalue weighted by Gasteiger charge is 2.36. The first-order valence-corrected chi connectivity index (χ1v) is 9.61. The van der Waals surface area contributed by atoms with Gasteiger partial charge in [-0.15, -0.1) is 11.8 Å². The van der Waals surface area contributed by atoms with Gasteiger partial charge in [-0.1, -0.05) is 18.2 Å². The molecule has 1 N–H and O–H groups in total. The average molecular weight is 350 g/mol. The zero-order valence-corrected chi connectivity index (χ0v) is 14.8. The Morgan fingerprint density at radius 1 is 1.21 bits per heavy atom. The molecule has 1 aromatic rings. The number of hydrogen-bond acceptors (Lipinski definition) is 5. The molecule has 0 radical (unpaired) electrons. The molecule has 0 aromatic heterocycles. The average Bonchev–Trinajstić information content (AvgIpc) is 3.01. The first kappa shape index (κ1) is 17.7. The normalized spacial score (nSPS) is 25.6. The number of aliphatic hydroxyl groups is 1. The van der Waals surface area contributed by atoms with Crippen molar-refractivity contribution in [1.29, 1.82) is 0 Å². The molecule has 1 atom stereocenters. The van der Waals surface area contributed by atoms with E-state index in [9.17, 15) is 9.90 Å². The summed E-state index contributed by atoms with van der Waals surface area (Å²) in [4.78, 5) is 17.7. The highest BCUT2D eigenvalue weighted by molar-refractivity contribution is 8.00. The lowest BCUT2D eigenvalue weighted by Gasteiger charge is -2.34. The Bertz CT molecular complexity index is 536. The largest absolute Gasteiger partial charge is 0.384 e. The van der Waals surface area contributed by atoms with E-state index in [2.05, 4.69) is 4.90 Å². The maximum Gasteiger partial charge on any atom is 0.233 e. The molecule has 1 aromatic carbocycles. The molecular weight excluding hydrogens is 324 g/mol. The number of nitrogens with zero attached hydrogens (tertiary/aromatic N) is 2. The third-order valence-corrected chi connectivity index (χ3v) is 5.53. The number of thioether (sulfide) groups is 1. The lowest BCUT2D eigenvalue weighted by atomic mass is 10.0. The van der Waals surface area contributed by atoms with Crippen molar-refractivity contribution < 1.29 is 14.6 Å². The van der Waals surface area contributed by atoms with E-state index < -0.39 is 5.60 Å². The van der Waals surface area contributed by atoms with Crippen LogP contribution in [0.3, 0.4) is 0 Å². The number of β-amino-alcohol motifs (C(OH)–C–C–N with tert-alkyl or cyclic N) is 1. The number of rotatable bonds is 5. The van der Waals surface area contributed by atoms with Crippen molar-refractivity contribution >= 4 is 17.7 Å². The molecule has 6 heteroatoms. The first-order valence-electron chi connectivity index (χ1n) is 8.63. The highest BCUT2D eigenvalue weighted by Crippen LogP contribution is 2.21. The summed E-state index contributed by atoms with van der Waals surface area (Å²) in [5.74, 6) is 0.457. The van der Waals surface area contributed by atoms with Crippen LogP contribution in [0, 0.1) is 0 Å². The van der Waals surface area contributed by atoms with Gasteiger partial charge in [-0.2, -0.15) is 0 Å². The number of ether oxygens (including phenoxy) is 1. The van der Waals surface area contributed by atoms with Crippen LogP contribution < -0.4 is 0 Å². The molecule has 2 fully saturated rings. The lowest BCUT2D eigenvalue weighted by molar-refractivity contribution is -0.131. The molecule has 0 aliphatic carbocycles. The highest BCUT2D eigenvalue weighted by atomic mass is 32.2. The van der Waals surface area contributed by atoms with Crippen molar-refractivity contribution in [3.8, 4) is 0 Å². The van der Waals surface area contributed by atoms with Crippen molar-refractivity contribution in [1.82, 2.24) is 9.80 Å². The van der Waals surface area contributed by atoms with Gasteiger partial charge in [0, 0.05) is 18.0 Å². The van der Waals surface area contributed by atoms with Crippen LogP contribution >= 0.6 is 11.8 Å². The summed E-state index contributed by atoms with van der Waals surface area (Å²) < 4.78 is 5.59. The summed E-state index contributed by atoms with van der Waals surface area (Å²) in [6.07, 6.45) is 2.38. The van der Waals surface area contributed by atoms with Crippen molar-refractivity contribution in [2.24, 2.45) is 0 Å². The second-order valence-electron chi connectivity index (χ2n) is 6.68. The molecule has 132 valence electrons. The summed E-state index contributed by atoms with van der Waals surface area (Å²) in [5, 5.41) is 10.9. The van der Waals surface area contributed by atoms with E-state index in [0.717, 1.165) is 18.0 Å². The fraction of sp³-hybridized carbons (Fsp3) is 0.611. The fourth-order valence-corrected chi connectivity index (χ4v) is 4.16. The number of carbonyl (C=O) groups excluding carboxylic acids is 1. The molecule has 0 saturated carbocycles. The van der Waals surface area contributed by atoms with Crippen LogP contribution in [0.15, 0.2) is 35.2 Å². The number of benzene rings is 1. The quantitative estimate of drug-likeness (QED) is 0.815. The number of amides is 1. The number of carbonyl (C=O) groups is 1. The molecular formula is C18H26N2O3S. The molecule has 1 amide bonds. The zero-order valence-electron chi connectivity index (χ0n) is 14.0. The Morgan fingerprint density at radius 3 is 2.71 bits per heavy atom. The Morgan fingerprint density at radius 2 is 1.96 bits per heavy atom. The van der Waals surface area contributed by atoms with Gasteiger partial charge in [0.05, 0.1) is 25.5 Å². The molecule has 0 spiro atoms. The van der Waals surface area contributed by atoms with Crippen LogP contribution in [0.5, 0.6) is 0 Å². The van der Waals surface area contributed by atoms with E-state index >= 15 is 0 Å². The van der Waals surface area contributed by atoms with Crippen LogP contribution in [0.1, 0.15) is 12.8 Å². The van der Waals surface area contributed by atoms with Crippen molar-refractivity contribution in [3.63, 3.8) is 0 Å². The van der Waals surface area contributed by atoms with Crippen LogP contribution in [-0.4, -0.2) is 78.1 Å². The molecule has 2 saturated heterocycles. The predicted molar refractivity (Wildman–Crippen MR) is 95.2 cm³/mol. The fourth-order valence-electron chi connectivity index (χ4n) is 3.34. The first-order chi connectivity index (χ1) is 11.6. The van der Waals surface area contributed by atoms with Gasteiger partial charge >= 0.3 is 0 Å². The number of hydrogen-bond donors (Lipinski definition) is 1. The predicted octanol–water partition coefficient (Wildman–Crippen LogP) is 1.46. The van der Waals surface area contributed by atoms with Crippen LogP contribution in [0.25, 0.3) is 0 Å². The maximum absolute atomic E-state index is 12.6. The lowest BCUT2D eigenvalue weighted by Crippen LogP contribution is -2.53. The minimum Gasteiger partial charge on any atom is -0.384 e. The van der Waals surface area contributed by atoms with Gasteiger partial charge < -0.3 is 19.6 Å². The van der Waals surface area contributed by atoms with Crippen LogP contribution in [0.2, 0.25) is 0 Å². The van der Waals surface area contributed by atoms with Gasteiger partial charge in [-0.3, -0.25) is 4.79 Å². The second kappa shape index (κ2) is 8.34. The molecule has 0 unspecified atom stereocenters. The van der Waals surface area contributed by atoms with Crippen molar-refractivity contribution in [2.75, 3.05) is 51.7 Å². The van der Waals surface area contributed by atoms with Gasteiger partial charge in [0.25, 0.3) is 0 Å². The van der Waals surface area contributed by atoms with Gasteiger partial charge in [0.1, 0.15) is 5.60 Å². The van der Waals surface area contributed by atoms with E-state index in [1.807, 2.05) is 30.3 Å². The standard InChI is InChI=1S/C18H26N2O3S/c21-17(12-24-16-6-2-1-3-7-16)20-10-11-23-15-18(22,14-20)13-19-8-4-5-9-19/h1-3,6-7,22H,4-5,8-15H2/t18-/m0/s1. The summed E-state index contributed by atoms with van der Waals surface area (Å²) in [6.45, 7) is 4.35. The SMILES string of the molecule is O=C(CSc1ccccc1)N1CCOC[C@](O)(CN2CCCC2)C1. The van der Waals surface area contributed by atoms with E-state index in [0.29, 0.717) is 38.6 Å². The Kier molecular flexibility index (Phi) is 6.16. The van der Waals surface area contributed by atoms with Crippen LogP contribution in [-0.2, 0) is 9.53 Å². The molecule has 2 aliphatic rings. The Balaban J connectivity index is 1.56. The summed E-state index contributed by atoms with van der Waals surface area (Å²) in [6, 6.07) is 9.93. The topological polar surface area (TPSA) is 53.0 Å².